The van der Waals surface area contributed by atoms with E-state index in [0.29, 0.717) is 5.56 Å². The van der Waals surface area contributed by atoms with Gasteiger partial charge in [-0.25, -0.2) is 14.1 Å². The Hall–Kier alpha value is -3.79. The summed E-state index contributed by atoms with van der Waals surface area (Å²) in [6.45, 7) is 3.38. The SMILES string of the molecule is CCOc1cc(/C=C2/C(=O)NC(=S)N(c3ccccc3F)C2=O)ccc1O[C@@H](C)C(=O)O. The van der Waals surface area contributed by atoms with Crippen LogP contribution in [0.25, 0.3) is 6.08 Å². The molecule has 0 aromatic heterocycles. The average Bonchev–Trinajstić information content (AvgIpc) is 2.74. The first-order valence-corrected chi connectivity index (χ1v) is 9.96. The van der Waals surface area contributed by atoms with Gasteiger partial charge < -0.3 is 14.6 Å². The largest absolute Gasteiger partial charge is 0.490 e. The van der Waals surface area contributed by atoms with Crippen LogP contribution in [-0.2, 0) is 14.4 Å². The molecule has 0 unspecified atom stereocenters. The predicted octanol–water partition coefficient (Wildman–Crippen LogP) is 2.91. The van der Waals surface area contributed by atoms with Crippen molar-refractivity contribution in [2.75, 3.05) is 11.5 Å². The second-order valence-corrected chi connectivity index (χ2v) is 7.03. The van der Waals surface area contributed by atoms with Crippen molar-refractivity contribution in [2.45, 2.75) is 20.0 Å². The van der Waals surface area contributed by atoms with Crippen LogP contribution in [-0.4, -0.2) is 40.7 Å². The molecule has 0 saturated carbocycles. The van der Waals surface area contributed by atoms with E-state index < -0.39 is 29.7 Å². The number of para-hydroxylation sites is 1. The smallest absolute Gasteiger partial charge is 0.344 e. The molecule has 0 radical (unpaired) electrons. The number of nitrogens with one attached hydrogen (secondary N) is 1. The van der Waals surface area contributed by atoms with E-state index in [1.165, 1.54) is 49.4 Å². The molecule has 2 aromatic rings. The monoisotopic (exact) mass is 458 g/mol. The lowest BCUT2D eigenvalue weighted by molar-refractivity contribution is -0.144. The predicted molar refractivity (Wildman–Crippen MR) is 118 cm³/mol. The van der Waals surface area contributed by atoms with E-state index in [2.05, 4.69) is 5.32 Å². The Kier molecular flexibility index (Phi) is 6.84. The summed E-state index contributed by atoms with van der Waals surface area (Å²) in [5.74, 6) is -2.91. The van der Waals surface area contributed by atoms with E-state index >= 15 is 0 Å². The minimum atomic E-state index is -1.15. The van der Waals surface area contributed by atoms with Gasteiger partial charge in [0.1, 0.15) is 11.4 Å². The van der Waals surface area contributed by atoms with Crippen molar-refractivity contribution in [3.05, 3.63) is 59.4 Å². The second kappa shape index (κ2) is 9.56. The number of carboxylic acids is 1. The third-order valence-electron chi connectivity index (χ3n) is 4.43. The Balaban J connectivity index is 1.98. The van der Waals surface area contributed by atoms with Crippen LogP contribution in [0.1, 0.15) is 19.4 Å². The quantitative estimate of drug-likeness (QED) is 0.373. The molecule has 3 rings (SSSR count). The third-order valence-corrected chi connectivity index (χ3v) is 4.71. The van der Waals surface area contributed by atoms with Gasteiger partial charge in [-0.1, -0.05) is 18.2 Å². The molecular weight excluding hydrogens is 439 g/mol. The summed E-state index contributed by atoms with van der Waals surface area (Å²) < 4.78 is 25.2. The fourth-order valence-electron chi connectivity index (χ4n) is 2.90. The van der Waals surface area contributed by atoms with Gasteiger partial charge in [-0.05, 0) is 62.0 Å². The van der Waals surface area contributed by atoms with E-state index in [-0.39, 0.29) is 34.5 Å². The van der Waals surface area contributed by atoms with Crippen LogP contribution in [0.3, 0.4) is 0 Å². The molecule has 0 bridgehead atoms. The number of anilines is 1. The highest BCUT2D eigenvalue weighted by molar-refractivity contribution is 7.80. The summed E-state index contributed by atoms with van der Waals surface area (Å²) in [5.41, 5.74) is 0.0512. The number of nitrogens with zero attached hydrogens (tertiary/aromatic N) is 1. The van der Waals surface area contributed by atoms with Crippen LogP contribution in [0.2, 0.25) is 0 Å². The van der Waals surface area contributed by atoms with Gasteiger partial charge in [0.25, 0.3) is 11.8 Å². The van der Waals surface area contributed by atoms with E-state index in [1.54, 1.807) is 13.0 Å². The van der Waals surface area contributed by atoms with Crippen molar-refractivity contribution in [1.29, 1.82) is 0 Å². The highest BCUT2D eigenvalue weighted by Crippen LogP contribution is 2.31. The lowest BCUT2D eigenvalue weighted by Gasteiger charge is -2.29. The van der Waals surface area contributed by atoms with E-state index in [0.717, 1.165) is 4.90 Å². The molecule has 2 aromatic carbocycles. The zero-order valence-electron chi connectivity index (χ0n) is 17.1. The number of benzene rings is 2. The number of aliphatic carboxylic acids is 1. The number of carbonyl (C=O) groups is 3. The molecule has 0 spiro atoms. The van der Waals surface area contributed by atoms with Crippen LogP contribution >= 0.6 is 12.2 Å². The summed E-state index contributed by atoms with van der Waals surface area (Å²) in [6, 6.07) is 10.1. The average molecular weight is 458 g/mol. The molecular formula is C22H19FN2O6S. The maximum absolute atomic E-state index is 14.3. The number of halogens is 1. The van der Waals surface area contributed by atoms with Gasteiger partial charge in [0.15, 0.2) is 22.7 Å². The van der Waals surface area contributed by atoms with Gasteiger partial charge in [0.2, 0.25) is 0 Å². The van der Waals surface area contributed by atoms with Crippen LogP contribution < -0.4 is 19.7 Å². The van der Waals surface area contributed by atoms with Crippen molar-refractivity contribution in [1.82, 2.24) is 5.32 Å². The summed E-state index contributed by atoms with van der Waals surface area (Å²) in [4.78, 5) is 37.5. The standard InChI is InChI=1S/C22H19FN2O6S/c1-3-30-18-11-13(8-9-17(18)31-12(2)21(28)29)10-14-19(26)24-22(32)25(20(14)27)16-7-5-4-6-15(16)23/h4-12H,3H2,1-2H3,(H,28,29)(H,24,26,32)/b14-10-/t12-/m0/s1. The van der Waals surface area contributed by atoms with Crippen molar-refractivity contribution < 1.29 is 33.4 Å². The summed E-state index contributed by atoms with van der Waals surface area (Å²) in [5, 5.41) is 11.2. The minimum absolute atomic E-state index is 0.0881. The second-order valence-electron chi connectivity index (χ2n) is 6.65. The number of carboxylic acid groups (broad SMARTS) is 1. The molecule has 8 nitrogen and oxygen atoms in total. The molecule has 2 N–H and O–H groups in total. The molecule has 166 valence electrons. The molecule has 1 aliphatic rings. The first kappa shape index (κ1) is 22.9. The van der Waals surface area contributed by atoms with Crippen molar-refractivity contribution in [2.24, 2.45) is 0 Å². The molecule has 10 heteroatoms. The third kappa shape index (κ3) is 4.75. The number of hydrogen-bond acceptors (Lipinski definition) is 6. The number of hydrogen-bond donors (Lipinski definition) is 2. The van der Waals surface area contributed by atoms with E-state index in [4.69, 9.17) is 26.8 Å². The number of thiocarbonyl (C=S) groups is 1. The van der Waals surface area contributed by atoms with Gasteiger partial charge in [-0.3, -0.25) is 14.9 Å². The minimum Gasteiger partial charge on any atom is -0.490 e. The van der Waals surface area contributed by atoms with Crippen molar-refractivity contribution in [3.63, 3.8) is 0 Å². The lowest BCUT2D eigenvalue weighted by Crippen LogP contribution is -2.54. The lowest BCUT2D eigenvalue weighted by atomic mass is 10.1. The first-order chi connectivity index (χ1) is 15.2. The van der Waals surface area contributed by atoms with Gasteiger partial charge in [-0.2, -0.15) is 0 Å². The van der Waals surface area contributed by atoms with Gasteiger partial charge in [-0.15, -0.1) is 0 Å². The van der Waals surface area contributed by atoms with Crippen LogP contribution in [0.5, 0.6) is 11.5 Å². The highest BCUT2D eigenvalue weighted by atomic mass is 32.1. The normalized spacial score (nSPS) is 16.0. The topological polar surface area (TPSA) is 105 Å². The summed E-state index contributed by atoms with van der Waals surface area (Å²) >= 11 is 5.07. The Morgan fingerprint density at radius 1 is 1.25 bits per heavy atom. The zero-order valence-corrected chi connectivity index (χ0v) is 17.9. The molecule has 0 aliphatic carbocycles. The Bertz CT molecular complexity index is 1130. The van der Waals surface area contributed by atoms with Crippen molar-refractivity contribution >= 4 is 46.9 Å². The molecule has 2 amide bonds. The van der Waals surface area contributed by atoms with Crippen LogP contribution in [0, 0.1) is 5.82 Å². The number of rotatable bonds is 7. The summed E-state index contributed by atoms with van der Waals surface area (Å²) in [6.07, 6.45) is 0.194. The number of carbonyl (C=O) groups excluding carboxylic acids is 2. The molecule has 1 aliphatic heterocycles. The molecule has 32 heavy (non-hydrogen) atoms. The molecule has 1 atom stereocenters. The first-order valence-electron chi connectivity index (χ1n) is 9.55. The zero-order chi connectivity index (χ0) is 23.4. The van der Waals surface area contributed by atoms with Crippen molar-refractivity contribution in [3.8, 4) is 11.5 Å². The number of ether oxygens (including phenoxy) is 2. The van der Waals surface area contributed by atoms with Crippen LogP contribution in [0.4, 0.5) is 10.1 Å². The molecule has 1 saturated heterocycles. The van der Waals surface area contributed by atoms with Crippen LogP contribution in [0.15, 0.2) is 48.0 Å². The fraction of sp³-hybridized carbons (Fsp3) is 0.182. The Morgan fingerprint density at radius 3 is 2.62 bits per heavy atom. The maximum Gasteiger partial charge on any atom is 0.344 e. The molecule has 1 heterocycles. The maximum atomic E-state index is 14.3. The van der Waals surface area contributed by atoms with E-state index in [9.17, 15) is 18.8 Å². The Morgan fingerprint density at radius 2 is 1.97 bits per heavy atom. The van der Waals surface area contributed by atoms with Gasteiger partial charge in [0, 0.05) is 0 Å². The highest BCUT2D eigenvalue weighted by Gasteiger charge is 2.35. The fourth-order valence-corrected chi connectivity index (χ4v) is 3.17. The Labute approximate surface area is 188 Å². The molecule has 1 fully saturated rings. The number of amides is 2. The van der Waals surface area contributed by atoms with E-state index in [1.807, 2.05) is 0 Å². The summed E-state index contributed by atoms with van der Waals surface area (Å²) in [7, 11) is 0. The van der Waals surface area contributed by atoms with Gasteiger partial charge in [0.05, 0.1) is 12.3 Å². The van der Waals surface area contributed by atoms with Gasteiger partial charge >= 0.3 is 5.97 Å².